The fourth-order valence-electron chi connectivity index (χ4n) is 5.61. The summed E-state index contributed by atoms with van der Waals surface area (Å²) in [4.78, 5) is 56.4. The van der Waals surface area contributed by atoms with E-state index in [-0.39, 0.29) is 45.5 Å². The Labute approximate surface area is 254 Å². The fourth-order valence-corrected chi connectivity index (χ4v) is 5.87. The van der Waals surface area contributed by atoms with E-state index in [1.54, 1.807) is 35.2 Å². The first-order chi connectivity index (χ1) is 20.6. The van der Waals surface area contributed by atoms with Gasteiger partial charge in [0.15, 0.2) is 13.5 Å². The fraction of sp³-hybridized carbons (Fsp3) is 0.290. The zero-order chi connectivity index (χ0) is 31.0. The van der Waals surface area contributed by atoms with E-state index < -0.39 is 12.4 Å². The van der Waals surface area contributed by atoms with Gasteiger partial charge in [0.1, 0.15) is 18.2 Å². The smallest absolute Gasteiger partial charge is 0.350 e. The molecule has 1 aliphatic heterocycles. The molecular weight excluding hydrogens is 570 g/mol. The van der Waals surface area contributed by atoms with Crippen molar-refractivity contribution in [1.29, 1.82) is 0 Å². The monoisotopic (exact) mass is 600 g/mol. The molecule has 3 aromatic heterocycles. The molecule has 1 fully saturated rings. The van der Waals surface area contributed by atoms with Crippen molar-refractivity contribution in [2.45, 2.75) is 39.4 Å². The van der Waals surface area contributed by atoms with E-state index in [2.05, 4.69) is 16.5 Å². The van der Waals surface area contributed by atoms with Gasteiger partial charge in [0.2, 0.25) is 5.91 Å². The van der Waals surface area contributed by atoms with Crippen LogP contribution in [0.4, 0.5) is 10.2 Å². The minimum absolute atomic E-state index is 0.149. The maximum Gasteiger partial charge on any atom is 0.355 e. The Morgan fingerprint density at radius 1 is 1.21 bits per heavy atom. The van der Waals surface area contributed by atoms with Gasteiger partial charge in [-0.3, -0.25) is 9.78 Å². The predicted octanol–water partition coefficient (Wildman–Crippen LogP) is 4.09. The lowest BCUT2D eigenvalue weighted by Crippen LogP contribution is -2.54. The van der Waals surface area contributed by atoms with Crippen LogP contribution >= 0.6 is 11.6 Å². The second-order valence-corrected chi connectivity index (χ2v) is 11.3. The molecule has 4 heterocycles. The molecule has 0 saturated carbocycles. The number of carbonyl (C=O) groups is 2. The SMILES string of the molecule is BC(=O)c1ccccc1-c1nc2c(cc1Cl)c(N1CCN(C(=O)C=C)C[C@@H]1C)nc(=O)n2-c1c(CF)ccnc1C(C)C. The number of aromatic nitrogens is 4. The molecule has 1 aliphatic rings. The van der Waals surface area contributed by atoms with Crippen molar-refractivity contribution in [3.8, 4) is 16.9 Å². The van der Waals surface area contributed by atoms with E-state index in [0.29, 0.717) is 53.4 Å². The summed E-state index contributed by atoms with van der Waals surface area (Å²) in [7, 11) is 1.46. The third-order valence-corrected chi connectivity index (χ3v) is 7.99. The van der Waals surface area contributed by atoms with E-state index in [0.717, 1.165) is 0 Å². The Morgan fingerprint density at radius 3 is 2.60 bits per heavy atom. The molecular formula is C31H31BClFN6O3. The number of fused-ring (bicyclic) bond motifs is 1. The van der Waals surface area contributed by atoms with Crippen LogP contribution in [0.5, 0.6) is 0 Å². The summed E-state index contributed by atoms with van der Waals surface area (Å²) in [5, 5.41) is 0.718. The van der Waals surface area contributed by atoms with Crippen LogP contribution < -0.4 is 10.6 Å². The summed E-state index contributed by atoms with van der Waals surface area (Å²) in [5.74, 6) is 0.0330. The van der Waals surface area contributed by atoms with Gasteiger partial charge in [-0.1, -0.05) is 56.3 Å². The Hall–Kier alpha value is -4.38. The average Bonchev–Trinajstić information content (AvgIpc) is 2.99. The van der Waals surface area contributed by atoms with Crippen molar-refractivity contribution >= 4 is 47.9 Å². The number of pyridine rings is 2. The number of nitrogens with zero attached hydrogens (tertiary/aromatic N) is 6. The van der Waals surface area contributed by atoms with Gasteiger partial charge in [0, 0.05) is 48.6 Å². The number of anilines is 1. The highest BCUT2D eigenvalue weighted by Gasteiger charge is 2.31. The number of hydrogen-bond acceptors (Lipinski definition) is 7. The number of carbonyl (C=O) groups excluding carboxylic acids is 2. The molecule has 220 valence electrons. The third kappa shape index (κ3) is 5.45. The molecule has 0 aliphatic carbocycles. The Balaban J connectivity index is 1.85. The molecule has 0 unspecified atom stereocenters. The van der Waals surface area contributed by atoms with E-state index >= 15 is 0 Å². The lowest BCUT2D eigenvalue weighted by molar-refractivity contribution is -0.126. The predicted molar refractivity (Wildman–Crippen MR) is 169 cm³/mol. The van der Waals surface area contributed by atoms with E-state index in [9.17, 15) is 18.8 Å². The molecule has 1 aromatic carbocycles. The van der Waals surface area contributed by atoms with Gasteiger partial charge in [0.05, 0.1) is 27.5 Å². The van der Waals surface area contributed by atoms with Gasteiger partial charge in [-0.15, -0.1) is 0 Å². The topological polar surface area (TPSA) is 101 Å². The molecule has 0 bridgehead atoms. The molecule has 9 nitrogen and oxygen atoms in total. The third-order valence-electron chi connectivity index (χ3n) is 7.70. The molecule has 1 saturated heterocycles. The molecule has 1 amide bonds. The van der Waals surface area contributed by atoms with Gasteiger partial charge < -0.3 is 14.6 Å². The van der Waals surface area contributed by atoms with Gasteiger partial charge in [0.25, 0.3) is 0 Å². The first-order valence-electron chi connectivity index (χ1n) is 14.0. The summed E-state index contributed by atoms with van der Waals surface area (Å²) in [5.41, 5.74) is 1.66. The number of alkyl halides is 1. The number of benzene rings is 1. The van der Waals surface area contributed by atoms with Crippen LogP contribution in [-0.2, 0) is 11.5 Å². The molecule has 43 heavy (non-hydrogen) atoms. The van der Waals surface area contributed by atoms with Crippen LogP contribution in [0.3, 0.4) is 0 Å². The maximum absolute atomic E-state index is 14.5. The highest BCUT2D eigenvalue weighted by Crippen LogP contribution is 2.36. The maximum atomic E-state index is 14.5. The largest absolute Gasteiger partial charge is 0.355 e. The summed E-state index contributed by atoms with van der Waals surface area (Å²) in [6, 6.07) is 9.98. The first kappa shape index (κ1) is 30.1. The normalized spacial score (nSPS) is 15.3. The quantitative estimate of drug-likeness (QED) is 0.233. The molecule has 0 spiro atoms. The second kappa shape index (κ2) is 12.1. The highest BCUT2D eigenvalue weighted by molar-refractivity contribution is 6.63. The first-order valence-corrected chi connectivity index (χ1v) is 14.4. The number of halogens is 2. The van der Waals surface area contributed by atoms with Gasteiger partial charge in [-0.25, -0.2) is 18.7 Å². The lowest BCUT2D eigenvalue weighted by atomic mass is 9.90. The average molecular weight is 601 g/mol. The number of hydrogen-bond donors (Lipinski definition) is 0. The van der Waals surface area contributed by atoms with Crippen LogP contribution in [-0.4, -0.2) is 69.5 Å². The van der Waals surface area contributed by atoms with Crippen molar-refractivity contribution in [2.75, 3.05) is 24.5 Å². The second-order valence-electron chi connectivity index (χ2n) is 10.9. The number of rotatable bonds is 7. The summed E-state index contributed by atoms with van der Waals surface area (Å²) >= 11 is 6.88. The Bertz CT molecular complexity index is 1830. The van der Waals surface area contributed by atoms with Crippen LogP contribution in [0.2, 0.25) is 5.02 Å². The minimum Gasteiger partial charge on any atom is -0.350 e. The zero-order valence-electron chi connectivity index (χ0n) is 24.5. The molecule has 5 rings (SSSR count). The van der Waals surface area contributed by atoms with Crippen LogP contribution in [0.1, 0.15) is 48.3 Å². The minimum atomic E-state index is -0.836. The van der Waals surface area contributed by atoms with Crippen molar-refractivity contribution in [1.82, 2.24) is 24.4 Å². The molecule has 4 aromatic rings. The van der Waals surface area contributed by atoms with Gasteiger partial charge in [-0.2, -0.15) is 4.98 Å². The van der Waals surface area contributed by atoms with E-state index in [4.69, 9.17) is 16.6 Å². The zero-order valence-corrected chi connectivity index (χ0v) is 25.2. The van der Waals surface area contributed by atoms with Gasteiger partial charge in [-0.05, 0) is 31.1 Å². The van der Waals surface area contributed by atoms with E-state index in [1.807, 2.05) is 25.7 Å². The van der Waals surface area contributed by atoms with Crippen molar-refractivity contribution < 1.29 is 14.0 Å². The Morgan fingerprint density at radius 2 is 1.95 bits per heavy atom. The summed E-state index contributed by atoms with van der Waals surface area (Å²) in [6.07, 6.45) is 2.80. The number of piperazine rings is 1. The summed E-state index contributed by atoms with van der Waals surface area (Å²) in [6.45, 7) is 9.71. The van der Waals surface area contributed by atoms with Crippen molar-refractivity contribution in [3.05, 3.63) is 87.6 Å². The van der Waals surface area contributed by atoms with Crippen molar-refractivity contribution in [2.24, 2.45) is 0 Å². The molecule has 0 radical (unpaired) electrons. The molecule has 1 atom stereocenters. The standard InChI is InChI=1S/C31H31BClFN6O3/c1-5-24(41)38-12-13-39(18(4)16-38)29-22-14-23(33)26(20-8-6-7-9-21(20)28(32)42)36-30(22)40(31(43)37-29)27-19(15-34)10-11-35-25(27)17(2)3/h5-11,14,17-18H,1,12-13,15-16,32H2,2-4H3/t18-/m0/s1. The van der Waals surface area contributed by atoms with Crippen LogP contribution in [0.15, 0.2) is 60.0 Å². The van der Waals surface area contributed by atoms with E-state index in [1.165, 1.54) is 30.8 Å². The molecule has 12 heteroatoms. The van der Waals surface area contributed by atoms with Gasteiger partial charge >= 0.3 is 5.69 Å². The number of amides is 1. The van der Waals surface area contributed by atoms with Crippen LogP contribution in [0.25, 0.3) is 28.0 Å². The Kier molecular flexibility index (Phi) is 8.46. The summed E-state index contributed by atoms with van der Waals surface area (Å²) < 4.78 is 15.8. The highest BCUT2D eigenvalue weighted by atomic mass is 35.5. The lowest BCUT2D eigenvalue weighted by Gasteiger charge is -2.40. The van der Waals surface area contributed by atoms with Crippen molar-refractivity contribution in [3.63, 3.8) is 0 Å². The van der Waals surface area contributed by atoms with Crippen LogP contribution in [0, 0.1) is 0 Å². The molecule has 0 N–H and O–H groups in total.